The number of esters is 1. The Kier molecular flexibility index (Phi) is 8.24. The molecule has 6 nitrogen and oxygen atoms in total. The van der Waals surface area contributed by atoms with Gasteiger partial charge in [0.05, 0.1) is 13.7 Å². The van der Waals surface area contributed by atoms with Gasteiger partial charge < -0.3 is 15.0 Å². The van der Waals surface area contributed by atoms with Crippen LogP contribution in [-0.2, 0) is 25.7 Å². The van der Waals surface area contributed by atoms with Gasteiger partial charge >= 0.3 is 5.97 Å². The standard InChI is InChI=1S/C27H36N2O4S/c1-33-26(32)27-14-7-3-6-12-23(27)29(15-13-20-9-4-2-5-10-20)25(31)21(18-27)17-24(30)28-19-22-11-8-16-34-22/h8-9,11-12,16,21H,2-7,10,13-15,17-19H2,1H3,(H,28,30)/t21-,27+/m1/s1. The number of hydrogen-bond donors (Lipinski definition) is 1. The number of thiophene rings is 1. The largest absolute Gasteiger partial charge is 0.468 e. The van der Waals surface area contributed by atoms with Gasteiger partial charge in [-0.25, -0.2) is 0 Å². The number of hydrogen-bond acceptors (Lipinski definition) is 5. The summed E-state index contributed by atoms with van der Waals surface area (Å²) in [4.78, 5) is 42.7. The summed E-state index contributed by atoms with van der Waals surface area (Å²) in [6.45, 7) is 1.02. The van der Waals surface area contributed by atoms with Crippen molar-refractivity contribution in [3.05, 3.63) is 45.8 Å². The Labute approximate surface area is 206 Å². The predicted molar refractivity (Wildman–Crippen MR) is 133 cm³/mol. The molecule has 1 fully saturated rings. The van der Waals surface area contributed by atoms with Crippen molar-refractivity contribution < 1.29 is 19.1 Å². The minimum atomic E-state index is -0.848. The maximum Gasteiger partial charge on any atom is 0.317 e. The van der Waals surface area contributed by atoms with Gasteiger partial charge in [-0.15, -0.1) is 11.3 Å². The average molecular weight is 485 g/mol. The molecule has 1 N–H and O–H groups in total. The number of nitrogens with one attached hydrogen (secondary N) is 1. The fourth-order valence-corrected chi connectivity index (χ4v) is 6.36. The Bertz CT molecular complexity index is 952. The lowest BCUT2D eigenvalue weighted by molar-refractivity contribution is -0.159. The molecule has 1 aliphatic heterocycles. The van der Waals surface area contributed by atoms with Crippen molar-refractivity contribution in [2.24, 2.45) is 11.3 Å². The number of nitrogens with zero attached hydrogens (tertiary/aromatic N) is 1. The number of rotatable bonds is 8. The highest BCUT2D eigenvalue weighted by Crippen LogP contribution is 2.49. The molecule has 0 aromatic carbocycles. The predicted octanol–water partition coefficient (Wildman–Crippen LogP) is 5.11. The zero-order chi connectivity index (χ0) is 24.0. The number of piperidine rings is 1. The Morgan fingerprint density at radius 3 is 2.76 bits per heavy atom. The van der Waals surface area contributed by atoms with Gasteiger partial charge in [-0.05, 0) is 69.2 Å². The smallest absolute Gasteiger partial charge is 0.317 e. The molecule has 0 radical (unpaired) electrons. The van der Waals surface area contributed by atoms with Crippen LogP contribution in [0.2, 0.25) is 0 Å². The molecule has 34 heavy (non-hydrogen) atoms. The van der Waals surface area contributed by atoms with E-state index in [1.807, 2.05) is 22.4 Å². The van der Waals surface area contributed by atoms with E-state index in [1.165, 1.54) is 25.5 Å². The van der Waals surface area contributed by atoms with Crippen molar-refractivity contribution in [3.63, 3.8) is 0 Å². The SMILES string of the molecule is COC(=O)[C@]12CCCCC=C1N(CCC1=CCCCC1)C(=O)[C@H](CC(=O)NCc1cccs1)C2. The van der Waals surface area contributed by atoms with Crippen LogP contribution in [0.25, 0.3) is 0 Å². The van der Waals surface area contributed by atoms with Crippen LogP contribution in [0.4, 0.5) is 0 Å². The summed E-state index contributed by atoms with van der Waals surface area (Å²) in [5.41, 5.74) is 1.36. The quantitative estimate of drug-likeness (QED) is 0.411. The maximum absolute atomic E-state index is 13.7. The summed E-state index contributed by atoms with van der Waals surface area (Å²) < 4.78 is 5.30. The summed E-state index contributed by atoms with van der Waals surface area (Å²) in [5, 5.41) is 4.93. The van der Waals surface area contributed by atoms with Gasteiger partial charge in [0, 0.05) is 29.5 Å². The van der Waals surface area contributed by atoms with Crippen LogP contribution >= 0.6 is 11.3 Å². The van der Waals surface area contributed by atoms with Crippen LogP contribution in [0, 0.1) is 11.3 Å². The number of fused-ring (bicyclic) bond motifs is 1. The van der Waals surface area contributed by atoms with Gasteiger partial charge in [-0.1, -0.05) is 30.2 Å². The molecule has 0 spiro atoms. The molecule has 2 heterocycles. The number of ether oxygens (including phenoxy) is 1. The highest BCUT2D eigenvalue weighted by molar-refractivity contribution is 7.09. The van der Waals surface area contributed by atoms with Crippen LogP contribution < -0.4 is 5.32 Å². The molecular formula is C27H36N2O4S. The van der Waals surface area contributed by atoms with Crippen molar-refractivity contribution in [3.8, 4) is 0 Å². The summed E-state index contributed by atoms with van der Waals surface area (Å²) in [6.07, 6.45) is 13.7. The number of carbonyl (C=O) groups is 3. The number of allylic oxidation sites excluding steroid dienone is 2. The topological polar surface area (TPSA) is 75.7 Å². The third kappa shape index (κ3) is 5.45. The third-order valence-electron chi connectivity index (χ3n) is 7.48. The van der Waals surface area contributed by atoms with E-state index in [1.54, 1.807) is 11.3 Å². The molecule has 3 aliphatic rings. The minimum absolute atomic E-state index is 0.0321. The fraction of sp³-hybridized carbons (Fsp3) is 0.593. The molecule has 0 unspecified atom stereocenters. The van der Waals surface area contributed by atoms with E-state index in [0.717, 1.165) is 49.1 Å². The molecule has 184 valence electrons. The molecule has 1 saturated heterocycles. The summed E-state index contributed by atoms with van der Waals surface area (Å²) in [5.74, 6) is -0.991. The lowest BCUT2D eigenvalue weighted by atomic mass is 9.69. The average Bonchev–Trinajstić information content (AvgIpc) is 3.29. The summed E-state index contributed by atoms with van der Waals surface area (Å²) in [7, 11) is 1.43. The summed E-state index contributed by atoms with van der Waals surface area (Å²) in [6, 6.07) is 3.93. The van der Waals surface area contributed by atoms with Crippen molar-refractivity contribution >= 4 is 29.1 Å². The first-order valence-electron chi connectivity index (χ1n) is 12.6. The molecule has 0 bridgehead atoms. The molecule has 1 aromatic heterocycles. The van der Waals surface area contributed by atoms with E-state index in [2.05, 4.69) is 17.5 Å². The first-order chi connectivity index (χ1) is 16.5. The minimum Gasteiger partial charge on any atom is -0.468 e. The molecule has 2 amide bonds. The van der Waals surface area contributed by atoms with Crippen LogP contribution in [0.3, 0.4) is 0 Å². The van der Waals surface area contributed by atoms with E-state index in [-0.39, 0.29) is 24.2 Å². The lowest BCUT2D eigenvalue weighted by Crippen LogP contribution is -2.53. The monoisotopic (exact) mass is 484 g/mol. The first-order valence-corrected chi connectivity index (χ1v) is 13.5. The van der Waals surface area contributed by atoms with Gasteiger partial charge in [0.2, 0.25) is 11.8 Å². The highest BCUT2D eigenvalue weighted by atomic mass is 32.1. The van der Waals surface area contributed by atoms with Crippen LogP contribution in [0.5, 0.6) is 0 Å². The zero-order valence-corrected chi connectivity index (χ0v) is 21.0. The highest BCUT2D eigenvalue weighted by Gasteiger charge is 2.53. The molecule has 0 saturated carbocycles. The van der Waals surface area contributed by atoms with E-state index >= 15 is 0 Å². The molecule has 4 rings (SSSR count). The lowest BCUT2D eigenvalue weighted by Gasteiger charge is -2.46. The van der Waals surface area contributed by atoms with Crippen LogP contribution in [0.1, 0.15) is 75.5 Å². The second kappa shape index (κ2) is 11.3. The molecule has 7 heteroatoms. The Morgan fingerprint density at radius 2 is 2.03 bits per heavy atom. The van der Waals surface area contributed by atoms with Crippen molar-refractivity contribution in [1.29, 1.82) is 0 Å². The van der Waals surface area contributed by atoms with Gasteiger partial charge in [0.25, 0.3) is 0 Å². The number of methoxy groups -OCH3 is 1. The molecule has 1 aromatic rings. The number of amides is 2. The zero-order valence-electron chi connectivity index (χ0n) is 20.1. The molecule has 2 atom stereocenters. The van der Waals surface area contributed by atoms with Crippen molar-refractivity contribution in [2.75, 3.05) is 13.7 Å². The summed E-state index contributed by atoms with van der Waals surface area (Å²) >= 11 is 1.59. The Morgan fingerprint density at radius 1 is 1.21 bits per heavy atom. The first kappa shape index (κ1) is 24.7. The fourth-order valence-electron chi connectivity index (χ4n) is 5.71. The normalized spacial score (nSPS) is 25.0. The Hall–Kier alpha value is -2.41. The second-order valence-corrected chi connectivity index (χ2v) is 10.8. The van der Waals surface area contributed by atoms with Crippen molar-refractivity contribution in [2.45, 2.75) is 77.2 Å². The van der Waals surface area contributed by atoms with Gasteiger partial charge in [-0.2, -0.15) is 0 Å². The third-order valence-corrected chi connectivity index (χ3v) is 8.35. The number of carbonyl (C=O) groups excluding carboxylic acids is 3. The second-order valence-electron chi connectivity index (χ2n) is 9.72. The van der Waals surface area contributed by atoms with Gasteiger partial charge in [-0.3, -0.25) is 14.4 Å². The van der Waals surface area contributed by atoms with E-state index in [9.17, 15) is 14.4 Å². The Balaban J connectivity index is 1.56. The van der Waals surface area contributed by atoms with E-state index < -0.39 is 11.3 Å². The maximum atomic E-state index is 13.7. The van der Waals surface area contributed by atoms with Gasteiger partial charge in [0.15, 0.2) is 0 Å². The van der Waals surface area contributed by atoms with Gasteiger partial charge in [0.1, 0.15) is 5.41 Å². The van der Waals surface area contributed by atoms with Crippen LogP contribution in [-0.4, -0.2) is 36.3 Å². The van der Waals surface area contributed by atoms with E-state index in [4.69, 9.17) is 4.74 Å². The molecule has 2 aliphatic carbocycles. The molecular weight excluding hydrogens is 448 g/mol. The van der Waals surface area contributed by atoms with Crippen molar-refractivity contribution in [1.82, 2.24) is 10.2 Å². The number of likely N-dealkylation sites (tertiary alicyclic amines) is 1. The van der Waals surface area contributed by atoms with Crippen LogP contribution in [0.15, 0.2) is 40.9 Å². The van der Waals surface area contributed by atoms with E-state index in [0.29, 0.717) is 25.9 Å².